The van der Waals surface area contributed by atoms with Gasteiger partial charge in [-0.25, -0.2) is 9.18 Å². The van der Waals surface area contributed by atoms with E-state index >= 15 is 0 Å². The number of carboxylic acid groups (broad SMARTS) is 1. The Bertz CT molecular complexity index is 501. The molecule has 0 saturated heterocycles. The molecule has 1 aliphatic rings. The molecule has 0 aromatic heterocycles. The van der Waals surface area contributed by atoms with Crippen LogP contribution in [0.2, 0.25) is 0 Å². The van der Waals surface area contributed by atoms with Crippen LogP contribution in [0.15, 0.2) is 18.2 Å². The largest absolute Gasteiger partial charge is 0.478 e. The third kappa shape index (κ3) is 4.03. The fraction of sp³-hybridized carbons (Fsp3) is 0.385. The van der Waals surface area contributed by atoms with Gasteiger partial charge >= 0.3 is 5.97 Å². The molecule has 0 unspecified atom stereocenters. The van der Waals surface area contributed by atoms with Gasteiger partial charge in [0.1, 0.15) is 5.82 Å². The quantitative estimate of drug-likeness (QED) is 0.728. The van der Waals surface area contributed by atoms with E-state index in [1.807, 2.05) is 0 Å². The number of amides is 1. The minimum atomic E-state index is -1.33. The van der Waals surface area contributed by atoms with E-state index in [4.69, 9.17) is 5.11 Å². The zero-order valence-electron chi connectivity index (χ0n) is 10.3. The van der Waals surface area contributed by atoms with E-state index < -0.39 is 17.3 Å². The highest BCUT2D eigenvalue weighted by Gasteiger charge is 2.20. The van der Waals surface area contributed by atoms with E-state index in [0.717, 1.165) is 18.7 Å². The number of carboxylic acids is 1. The number of hydrogen-bond acceptors (Lipinski definition) is 3. The SMILES string of the molecule is O=C(CNCC1CC1)Nc1ccc(C(=O)O)c(F)c1. The summed E-state index contributed by atoms with van der Waals surface area (Å²) in [5, 5.41) is 14.2. The number of carbonyl (C=O) groups excluding carboxylic acids is 1. The van der Waals surface area contributed by atoms with Crippen LogP contribution in [0.25, 0.3) is 0 Å². The molecule has 0 aliphatic heterocycles. The third-order valence-electron chi connectivity index (χ3n) is 2.90. The van der Waals surface area contributed by atoms with Crippen LogP contribution < -0.4 is 10.6 Å². The average Bonchev–Trinajstić information content (AvgIpc) is 3.12. The molecule has 1 aliphatic carbocycles. The summed E-state index contributed by atoms with van der Waals surface area (Å²) in [6.45, 7) is 0.985. The van der Waals surface area contributed by atoms with Crippen molar-refractivity contribution in [2.24, 2.45) is 5.92 Å². The van der Waals surface area contributed by atoms with Gasteiger partial charge in [0.25, 0.3) is 0 Å². The normalized spacial score (nSPS) is 14.2. The zero-order valence-corrected chi connectivity index (χ0v) is 10.3. The van der Waals surface area contributed by atoms with E-state index in [-0.39, 0.29) is 18.1 Å². The first-order valence-electron chi connectivity index (χ1n) is 6.09. The molecule has 0 radical (unpaired) electrons. The summed E-state index contributed by atoms with van der Waals surface area (Å²) in [6.07, 6.45) is 2.41. The van der Waals surface area contributed by atoms with Gasteiger partial charge in [0.05, 0.1) is 12.1 Å². The highest BCUT2D eigenvalue weighted by Crippen LogP contribution is 2.27. The van der Waals surface area contributed by atoms with E-state index in [0.29, 0.717) is 5.92 Å². The Kier molecular flexibility index (Phi) is 4.11. The van der Waals surface area contributed by atoms with Crippen LogP contribution in [0, 0.1) is 11.7 Å². The van der Waals surface area contributed by atoms with Crippen molar-refractivity contribution in [3.05, 3.63) is 29.6 Å². The second kappa shape index (κ2) is 5.79. The van der Waals surface area contributed by atoms with Gasteiger partial charge in [0.15, 0.2) is 0 Å². The van der Waals surface area contributed by atoms with Gasteiger partial charge in [-0.2, -0.15) is 0 Å². The third-order valence-corrected chi connectivity index (χ3v) is 2.90. The predicted octanol–water partition coefficient (Wildman–Crippen LogP) is 1.46. The van der Waals surface area contributed by atoms with Crippen LogP contribution >= 0.6 is 0 Å². The van der Waals surface area contributed by atoms with Crippen molar-refractivity contribution in [2.75, 3.05) is 18.4 Å². The van der Waals surface area contributed by atoms with Crippen LogP contribution in [0.1, 0.15) is 23.2 Å². The van der Waals surface area contributed by atoms with Crippen molar-refractivity contribution >= 4 is 17.6 Å². The summed E-state index contributed by atoms with van der Waals surface area (Å²) >= 11 is 0. The first kappa shape index (κ1) is 13.5. The number of halogens is 1. The van der Waals surface area contributed by atoms with Crippen molar-refractivity contribution in [1.82, 2.24) is 5.32 Å². The van der Waals surface area contributed by atoms with Gasteiger partial charge in [0.2, 0.25) is 5.91 Å². The second-order valence-electron chi connectivity index (χ2n) is 4.62. The Morgan fingerprint density at radius 3 is 2.68 bits per heavy atom. The zero-order chi connectivity index (χ0) is 13.8. The maximum Gasteiger partial charge on any atom is 0.338 e. The molecule has 3 N–H and O–H groups in total. The molecule has 102 valence electrons. The maximum atomic E-state index is 13.4. The highest BCUT2D eigenvalue weighted by atomic mass is 19.1. The second-order valence-corrected chi connectivity index (χ2v) is 4.62. The lowest BCUT2D eigenvalue weighted by Gasteiger charge is -2.07. The van der Waals surface area contributed by atoms with Gasteiger partial charge in [-0.3, -0.25) is 4.79 Å². The van der Waals surface area contributed by atoms with Crippen LogP contribution in [0.5, 0.6) is 0 Å². The average molecular weight is 266 g/mol. The lowest BCUT2D eigenvalue weighted by molar-refractivity contribution is -0.115. The Labute approximate surface area is 109 Å². The van der Waals surface area contributed by atoms with E-state index in [9.17, 15) is 14.0 Å². The molecule has 0 atom stereocenters. The molecule has 1 aromatic carbocycles. The van der Waals surface area contributed by atoms with Crippen molar-refractivity contribution in [3.63, 3.8) is 0 Å². The monoisotopic (exact) mass is 266 g/mol. The van der Waals surface area contributed by atoms with E-state index in [1.165, 1.54) is 18.9 Å². The summed E-state index contributed by atoms with van der Waals surface area (Å²) in [5.41, 5.74) is -0.162. The van der Waals surface area contributed by atoms with Crippen molar-refractivity contribution in [1.29, 1.82) is 0 Å². The molecule has 5 nitrogen and oxygen atoms in total. The summed E-state index contributed by atoms with van der Waals surface area (Å²) in [7, 11) is 0. The highest BCUT2D eigenvalue weighted by molar-refractivity contribution is 5.93. The number of rotatable bonds is 6. The van der Waals surface area contributed by atoms with Crippen LogP contribution in [-0.2, 0) is 4.79 Å². The molecule has 19 heavy (non-hydrogen) atoms. The lowest BCUT2D eigenvalue weighted by atomic mass is 10.2. The van der Waals surface area contributed by atoms with Crippen LogP contribution in [0.3, 0.4) is 0 Å². The lowest BCUT2D eigenvalue weighted by Crippen LogP contribution is -2.29. The van der Waals surface area contributed by atoms with Crippen molar-refractivity contribution < 1.29 is 19.1 Å². The van der Waals surface area contributed by atoms with Gasteiger partial charge < -0.3 is 15.7 Å². The molecule has 1 fully saturated rings. The van der Waals surface area contributed by atoms with Crippen molar-refractivity contribution in [3.8, 4) is 0 Å². The smallest absolute Gasteiger partial charge is 0.338 e. The van der Waals surface area contributed by atoms with Gasteiger partial charge in [0, 0.05) is 5.69 Å². The summed E-state index contributed by atoms with van der Waals surface area (Å²) < 4.78 is 13.4. The van der Waals surface area contributed by atoms with Gasteiger partial charge in [-0.1, -0.05) is 0 Å². The minimum absolute atomic E-state index is 0.165. The molecule has 6 heteroatoms. The molecule has 1 aromatic rings. The number of aromatic carboxylic acids is 1. The van der Waals surface area contributed by atoms with E-state index in [1.54, 1.807) is 0 Å². The number of hydrogen-bond donors (Lipinski definition) is 3. The molecule has 1 saturated carbocycles. The Morgan fingerprint density at radius 1 is 1.37 bits per heavy atom. The number of nitrogens with one attached hydrogen (secondary N) is 2. The standard InChI is InChI=1S/C13H15FN2O3/c14-11-5-9(3-4-10(11)13(18)19)16-12(17)7-15-6-8-1-2-8/h3-5,8,15H,1-2,6-7H2,(H,16,17)(H,18,19). The molecule has 2 rings (SSSR count). The fourth-order valence-electron chi connectivity index (χ4n) is 1.68. The Balaban J connectivity index is 1.85. The first-order valence-corrected chi connectivity index (χ1v) is 6.09. The number of benzene rings is 1. The van der Waals surface area contributed by atoms with E-state index in [2.05, 4.69) is 10.6 Å². The first-order chi connectivity index (χ1) is 9.06. The van der Waals surface area contributed by atoms with Gasteiger partial charge in [-0.15, -0.1) is 0 Å². The molecular weight excluding hydrogens is 251 g/mol. The van der Waals surface area contributed by atoms with Crippen LogP contribution in [0.4, 0.5) is 10.1 Å². The number of anilines is 1. The predicted molar refractivity (Wildman–Crippen MR) is 67.6 cm³/mol. The number of carbonyl (C=O) groups is 2. The fourth-order valence-corrected chi connectivity index (χ4v) is 1.68. The Morgan fingerprint density at radius 2 is 2.11 bits per heavy atom. The topological polar surface area (TPSA) is 78.4 Å². The minimum Gasteiger partial charge on any atom is -0.478 e. The Hall–Kier alpha value is -1.95. The summed E-state index contributed by atoms with van der Waals surface area (Å²) in [4.78, 5) is 22.2. The molecule has 1 amide bonds. The molecule has 0 spiro atoms. The summed E-state index contributed by atoms with van der Waals surface area (Å²) in [6, 6.07) is 3.50. The molecular formula is C13H15FN2O3. The van der Waals surface area contributed by atoms with Crippen LogP contribution in [-0.4, -0.2) is 30.1 Å². The maximum absolute atomic E-state index is 13.4. The molecule has 0 heterocycles. The molecule has 0 bridgehead atoms. The van der Waals surface area contributed by atoms with Crippen molar-refractivity contribution in [2.45, 2.75) is 12.8 Å². The van der Waals surface area contributed by atoms with Gasteiger partial charge in [-0.05, 0) is 43.5 Å². The summed E-state index contributed by atoms with van der Waals surface area (Å²) in [5.74, 6) is -1.79.